The SMILES string of the molecule is CC(C)Cc1cc(CNCCN2CCN(c3cccc(C(F)(F)F)c3)CC2)on1. The molecule has 3 rings (SSSR count). The first-order valence-corrected chi connectivity index (χ1v) is 10.1. The molecule has 1 aliphatic rings. The monoisotopic (exact) mass is 410 g/mol. The minimum Gasteiger partial charge on any atom is -0.369 e. The summed E-state index contributed by atoms with van der Waals surface area (Å²) in [7, 11) is 0. The Morgan fingerprint density at radius 3 is 2.59 bits per heavy atom. The highest BCUT2D eigenvalue weighted by molar-refractivity contribution is 5.49. The van der Waals surface area contributed by atoms with Gasteiger partial charge in [0.25, 0.3) is 0 Å². The topological polar surface area (TPSA) is 44.5 Å². The number of rotatable bonds is 8. The van der Waals surface area contributed by atoms with E-state index in [0.29, 0.717) is 18.2 Å². The molecule has 0 spiro atoms. The van der Waals surface area contributed by atoms with Crippen LogP contribution in [0.3, 0.4) is 0 Å². The maximum Gasteiger partial charge on any atom is 0.416 e. The van der Waals surface area contributed by atoms with Gasteiger partial charge in [-0.05, 0) is 30.5 Å². The Labute approximate surface area is 169 Å². The normalized spacial score (nSPS) is 16.0. The van der Waals surface area contributed by atoms with Gasteiger partial charge in [-0.25, -0.2) is 0 Å². The largest absolute Gasteiger partial charge is 0.416 e. The maximum absolute atomic E-state index is 12.9. The van der Waals surface area contributed by atoms with Gasteiger partial charge >= 0.3 is 6.18 Å². The van der Waals surface area contributed by atoms with Gasteiger partial charge in [0, 0.05) is 51.0 Å². The van der Waals surface area contributed by atoms with Crippen molar-refractivity contribution in [1.82, 2.24) is 15.4 Å². The smallest absolute Gasteiger partial charge is 0.369 e. The number of benzene rings is 1. The van der Waals surface area contributed by atoms with Crippen molar-refractivity contribution in [3.8, 4) is 0 Å². The zero-order chi connectivity index (χ0) is 20.9. The fourth-order valence-corrected chi connectivity index (χ4v) is 3.51. The molecule has 0 unspecified atom stereocenters. The Morgan fingerprint density at radius 2 is 1.90 bits per heavy atom. The van der Waals surface area contributed by atoms with Crippen LogP contribution in [0, 0.1) is 5.92 Å². The van der Waals surface area contributed by atoms with E-state index in [9.17, 15) is 13.2 Å². The Balaban J connectivity index is 1.38. The van der Waals surface area contributed by atoms with E-state index in [-0.39, 0.29) is 0 Å². The molecule has 5 nitrogen and oxygen atoms in total. The van der Waals surface area contributed by atoms with Crippen molar-refractivity contribution in [2.75, 3.05) is 44.2 Å². The number of nitrogens with zero attached hydrogens (tertiary/aromatic N) is 3. The molecule has 0 radical (unpaired) electrons. The number of aromatic nitrogens is 1. The van der Waals surface area contributed by atoms with Gasteiger partial charge in [0.2, 0.25) is 0 Å². The van der Waals surface area contributed by atoms with Crippen molar-refractivity contribution in [2.24, 2.45) is 5.92 Å². The molecule has 29 heavy (non-hydrogen) atoms. The van der Waals surface area contributed by atoms with Gasteiger partial charge < -0.3 is 14.7 Å². The van der Waals surface area contributed by atoms with Crippen LogP contribution in [0.1, 0.15) is 30.9 Å². The van der Waals surface area contributed by atoms with Gasteiger partial charge in [-0.1, -0.05) is 25.1 Å². The third kappa shape index (κ3) is 6.47. The second kappa shape index (κ2) is 9.63. The maximum atomic E-state index is 12.9. The van der Waals surface area contributed by atoms with Crippen LogP contribution in [0.2, 0.25) is 0 Å². The molecule has 1 N–H and O–H groups in total. The molecule has 0 amide bonds. The second-order valence-electron chi connectivity index (χ2n) is 7.94. The fourth-order valence-electron chi connectivity index (χ4n) is 3.51. The standard InChI is InChI=1S/C21H29F3N4O/c1-16(2)12-18-14-20(29-26-18)15-25-6-7-27-8-10-28(11-9-27)19-5-3-4-17(13-19)21(22,23)24/h3-5,13-14,16,25H,6-12,15H2,1-2H3. The van der Waals surface area contributed by atoms with Crippen LogP contribution >= 0.6 is 0 Å². The van der Waals surface area contributed by atoms with Gasteiger partial charge in [0.15, 0.2) is 5.76 Å². The zero-order valence-corrected chi connectivity index (χ0v) is 17.0. The summed E-state index contributed by atoms with van der Waals surface area (Å²) in [5, 5.41) is 7.45. The number of halogens is 3. The molecule has 1 aliphatic heterocycles. The van der Waals surface area contributed by atoms with Crippen LogP contribution < -0.4 is 10.2 Å². The van der Waals surface area contributed by atoms with Crippen molar-refractivity contribution in [3.63, 3.8) is 0 Å². The van der Waals surface area contributed by atoms with Gasteiger partial charge in [0.1, 0.15) is 0 Å². The summed E-state index contributed by atoms with van der Waals surface area (Å²) in [6.07, 6.45) is -3.39. The quantitative estimate of drug-likeness (QED) is 0.671. The van der Waals surface area contributed by atoms with E-state index in [4.69, 9.17) is 4.52 Å². The number of piperazine rings is 1. The molecule has 160 valence electrons. The number of hydrogen-bond acceptors (Lipinski definition) is 5. The minimum absolute atomic E-state index is 0.551. The van der Waals surface area contributed by atoms with Gasteiger partial charge in [0.05, 0.1) is 17.8 Å². The van der Waals surface area contributed by atoms with Crippen molar-refractivity contribution in [3.05, 3.63) is 47.3 Å². The molecular formula is C21H29F3N4O. The highest BCUT2D eigenvalue weighted by atomic mass is 19.4. The Hall–Kier alpha value is -2.06. The summed E-state index contributed by atoms with van der Waals surface area (Å²) in [4.78, 5) is 4.34. The molecule has 0 bridgehead atoms. The average molecular weight is 410 g/mol. The number of hydrogen-bond donors (Lipinski definition) is 1. The van der Waals surface area contributed by atoms with Gasteiger partial charge in [-0.2, -0.15) is 13.2 Å². The first-order valence-electron chi connectivity index (χ1n) is 10.1. The summed E-state index contributed by atoms with van der Waals surface area (Å²) in [5.74, 6) is 1.39. The summed E-state index contributed by atoms with van der Waals surface area (Å²) in [5.41, 5.74) is 1.04. The molecule has 0 saturated carbocycles. The highest BCUT2D eigenvalue weighted by Crippen LogP contribution is 2.31. The fraction of sp³-hybridized carbons (Fsp3) is 0.571. The lowest BCUT2D eigenvalue weighted by atomic mass is 10.1. The van der Waals surface area contributed by atoms with Crippen LogP contribution in [0.25, 0.3) is 0 Å². The number of anilines is 1. The Kier molecular flexibility index (Phi) is 7.18. The Bertz CT molecular complexity index is 767. The number of alkyl halides is 3. The van der Waals surface area contributed by atoms with E-state index in [0.717, 1.165) is 63.2 Å². The summed E-state index contributed by atoms with van der Waals surface area (Å²) < 4.78 is 44.1. The molecule has 2 aromatic rings. The summed E-state index contributed by atoms with van der Waals surface area (Å²) in [6, 6.07) is 7.58. The molecule has 2 heterocycles. The van der Waals surface area contributed by atoms with E-state index >= 15 is 0 Å². The molecule has 1 fully saturated rings. The average Bonchev–Trinajstić information content (AvgIpc) is 3.12. The van der Waals surface area contributed by atoms with E-state index in [2.05, 4.69) is 29.2 Å². The number of nitrogens with one attached hydrogen (secondary N) is 1. The van der Waals surface area contributed by atoms with Gasteiger partial charge in [-0.3, -0.25) is 4.90 Å². The molecular weight excluding hydrogens is 381 g/mol. The first-order chi connectivity index (χ1) is 13.8. The van der Waals surface area contributed by atoms with Crippen LogP contribution in [-0.2, 0) is 19.1 Å². The van der Waals surface area contributed by atoms with E-state index in [1.165, 1.54) is 12.1 Å². The third-order valence-electron chi connectivity index (χ3n) is 5.04. The van der Waals surface area contributed by atoms with Crippen molar-refractivity contribution in [1.29, 1.82) is 0 Å². The second-order valence-corrected chi connectivity index (χ2v) is 7.94. The highest BCUT2D eigenvalue weighted by Gasteiger charge is 2.31. The van der Waals surface area contributed by atoms with Crippen LogP contribution in [0.4, 0.5) is 18.9 Å². The Morgan fingerprint density at radius 1 is 1.14 bits per heavy atom. The van der Waals surface area contributed by atoms with Crippen LogP contribution in [0.15, 0.2) is 34.9 Å². The first kappa shape index (κ1) is 21.6. The van der Waals surface area contributed by atoms with Crippen molar-refractivity contribution in [2.45, 2.75) is 33.0 Å². The summed E-state index contributed by atoms with van der Waals surface area (Å²) >= 11 is 0. The third-order valence-corrected chi connectivity index (χ3v) is 5.04. The molecule has 1 aromatic carbocycles. The van der Waals surface area contributed by atoms with Crippen molar-refractivity contribution < 1.29 is 17.7 Å². The predicted molar refractivity (Wildman–Crippen MR) is 107 cm³/mol. The molecule has 0 aliphatic carbocycles. The van der Waals surface area contributed by atoms with Crippen molar-refractivity contribution >= 4 is 5.69 Å². The van der Waals surface area contributed by atoms with E-state index < -0.39 is 11.7 Å². The predicted octanol–water partition coefficient (Wildman–Crippen LogP) is 3.80. The van der Waals surface area contributed by atoms with Crippen LogP contribution in [0.5, 0.6) is 0 Å². The molecule has 8 heteroatoms. The lowest BCUT2D eigenvalue weighted by Gasteiger charge is -2.36. The molecule has 0 atom stereocenters. The lowest BCUT2D eigenvalue weighted by Crippen LogP contribution is -2.48. The lowest BCUT2D eigenvalue weighted by molar-refractivity contribution is -0.137. The minimum atomic E-state index is -4.30. The van der Waals surface area contributed by atoms with E-state index in [1.54, 1.807) is 6.07 Å². The van der Waals surface area contributed by atoms with Crippen LogP contribution in [-0.4, -0.2) is 49.3 Å². The zero-order valence-electron chi connectivity index (χ0n) is 17.0. The summed E-state index contributed by atoms with van der Waals surface area (Å²) in [6.45, 7) is 9.78. The van der Waals surface area contributed by atoms with E-state index in [1.807, 2.05) is 11.0 Å². The molecule has 1 aromatic heterocycles. The molecule has 1 saturated heterocycles. The van der Waals surface area contributed by atoms with Gasteiger partial charge in [-0.15, -0.1) is 0 Å².